The van der Waals surface area contributed by atoms with Crippen LogP contribution in [0.25, 0.3) is 0 Å². The number of nitrogens with one attached hydrogen (secondary N) is 2. The quantitative estimate of drug-likeness (QED) is 0.854. The maximum Gasteiger partial charge on any atom is 0.249 e. The summed E-state index contributed by atoms with van der Waals surface area (Å²) in [5.41, 5.74) is 1.89. The van der Waals surface area contributed by atoms with E-state index in [1.807, 2.05) is 53.4 Å². The van der Waals surface area contributed by atoms with Crippen LogP contribution in [0.2, 0.25) is 0 Å². The Morgan fingerprint density at radius 1 is 0.929 bits per heavy atom. The molecule has 1 fully saturated rings. The highest BCUT2D eigenvalue weighted by molar-refractivity contribution is 6.06. The van der Waals surface area contributed by atoms with E-state index >= 15 is 0 Å². The van der Waals surface area contributed by atoms with Crippen LogP contribution in [0.15, 0.2) is 65.7 Å². The first-order valence-electron chi connectivity index (χ1n) is 9.47. The summed E-state index contributed by atoms with van der Waals surface area (Å²) in [6.07, 6.45) is 0.0617. The van der Waals surface area contributed by atoms with Crippen LogP contribution in [0.3, 0.4) is 0 Å². The van der Waals surface area contributed by atoms with Crippen molar-refractivity contribution >= 4 is 29.1 Å². The largest absolute Gasteiger partial charge is 0.368 e. The van der Waals surface area contributed by atoms with Crippen molar-refractivity contribution in [3.8, 4) is 0 Å². The summed E-state index contributed by atoms with van der Waals surface area (Å²) < 4.78 is 0. The van der Waals surface area contributed by atoms with E-state index in [0.717, 1.165) is 26.2 Å². The van der Waals surface area contributed by atoms with Gasteiger partial charge >= 0.3 is 0 Å². The van der Waals surface area contributed by atoms with E-state index in [1.54, 1.807) is 0 Å². The van der Waals surface area contributed by atoms with Gasteiger partial charge in [-0.1, -0.05) is 36.4 Å². The first kappa shape index (κ1) is 18.0. The molecule has 7 heteroatoms. The second-order valence-corrected chi connectivity index (χ2v) is 6.89. The summed E-state index contributed by atoms with van der Waals surface area (Å²) in [4.78, 5) is 33.6. The van der Waals surface area contributed by atoms with Gasteiger partial charge in [-0.2, -0.15) is 0 Å². The molecule has 0 aliphatic carbocycles. The molecule has 2 heterocycles. The molecule has 2 amide bonds. The normalized spacial score (nSPS) is 19.6. The predicted molar refractivity (Wildman–Crippen MR) is 109 cm³/mol. The first-order valence-corrected chi connectivity index (χ1v) is 9.47. The fourth-order valence-corrected chi connectivity index (χ4v) is 3.45. The van der Waals surface area contributed by atoms with Crippen LogP contribution in [-0.2, 0) is 9.59 Å². The molecule has 2 aromatic carbocycles. The Kier molecular flexibility index (Phi) is 5.23. The molecule has 7 nitrogen and oxygen atoms in total. The molecule has 2 N–H and O–H groups in total. The zero-order chi connectivity index (χ0) is 19.3. The third kappa shape index (κ3) is 4.14. The lowest BCUT2D eigenvalue weighted by molar-refractivity contribution is -0.125. The first-order chi connectivity index (χ1) is 13.7. The zero-order valence-electron chi connectivity index (χ0n) is 15.5. The minimum atomic E-state index is -0.712. The third-order valence-electron chi connectivity index (χ3n) is 4.95. The van der Waals surface area contributed by atoms with Crippen molar-refractivity contribution < 1.29 is 9.59 Å². The van der Waals surface area contributed by atoms with Gasteiger partial charge in [-0.15, -0.1) is 0 Å². The van der Waals surface area contributed by atoms with Gasteiger partial charge in [0.1, 0.15) is 6.04 Å². The summed E-state index contributed by atoms with van der Waals surface area (Å²) in [6.45, 7) is 3.14. The summed E-state index contributed by atoms with van der Waals surface area (Å²) >= 11 is 0. The van der Waals surface area contributed by atoms with E-state index in [-0.39, 0.29) is 18.2 Å². The molecule has 0 radical (unpaired) electrons. The number of guanidine groups is 1. The number of aliphatic imine (C=N–C) groups is 1. The lowest BCUT2D eigenvalue weighted by Gasteiger charge is -2.38. The number of nitrogens with zero attached hydrogens (tertiary/aromatic N) is 3. The standard InChI is InChI=1S/C21H23N5O2/c27-19-15-18(20(28)22-16-7-3-1-4-8-16)23-21(24-19)26-13-11-25(12-14-26)17-9-5-2-6-10-17/h1-10,18H,11-15H2,(H,22,28)(H,23,24,27)/t18-/m1/s1. The van der Waals surface area contributed by atoms with Crippen LogP contribution in [-0.4, -0.2) is 54.9 Å². The number of amides is 2. The predicted octanol–water partition coefficient (Wildman–Crippen LogP) is 1.69. The molecule has 4 rings (SSSR count). The number of hydrogen-bond donors (Lipinski definition) is 2. The van der Waals surface area contributed by atoms with Crippen molar-refractivity contribution in [3.05, 3.63) is 60.7 Å². The molecule has 1 saturated heterocycles. The second kappa shape index (κ2) is 8.12. The van der Waals surface area contributed by atoms with Gasteiger partial charge in [0, 0.05) is 37.6 Å². The van der Waals surface area contributed by atoms with Crippen molar-refractivity contribution in [1.82, 2.24) is 10.2 Å². The van der Waals surface area contributed by atoms with E-state index in [0.29, 0.717) is 11.6 Å². The Bertz CT molecular complexity index is 861. The van der Waals surface area contributed by atoms with Gasteiger partial charge in [0.05, 0.1) is 6.42 Å². The highest BCUT2D eigenvalue weighted by atomic mass is 16.2. The highest BCUT2D eigenvalue weighted by Gasteiger charge is 2.30. The molecule has 0 unspecified atom stereocenters. The van der Waals surface area contributed by atoms with Crippen molar-refractivity contribution in [3.63, 3.8) is 0 Å². The summed E-state index contributed by atoms with van der Waals surface area (Å²) in [5, 5.41) is 5.66. The maximum absolute atomic E-state index is 12.6. The molecule has 0 saturated carbocycles. The summed E-state index contributed by atoms with van der Waals surface area (Å²) in [6, 6.07) is 18.8. The lowest BCUT2D eigenvalue weighted by Crippen LogP contribution is -2.56. The number of piperazine rings is 1. The average Bonchev–Trinajstić information content (AvgIpc) is 2.75. The SMILES string of the molecule is O=C1C[C@H](C(=O)Nc2ccccc2)N=C(N2CCN(c3ccccc3)CC2)N1. The van der Waals surface area contributed by atoms with Crippen LogP contribution in [0.5, 0.6) is 0 Å². The molecule has 1 atom stereocenters. The Balaban J connectivity index is 1.41. The number of carbonyl (C=O) groups excluding carboxylic acids is 2. The lowest BCUT2D eigenvalue weighted by atomic mass is 10.1. The minimum Gasteiger partial charge on any atom is -0.368 e. The van der Waals surface area contributed by atoms with Crippen LogP contribution in [0.1, 0.15) is 6.42 Å². The van der Waals surface area contributed by atoms with Crippen molar-refractivity contribution in [2.45, 2.75) is 12.5 Å². The molecule has 144 valence electrons. The second-order valence-electron chi connectivity index (χ2n) is 6.89. The van der Waals surface area contributed by atoms with Gasteiger partial charge in [-0.25, -0.2) is 4.99 Å². The maximum atomic E-state index is 12.6. The third-order valence-corrected chi connectivity index (χ3v) is 4.95. The molecule has 2 aromatic rings. The van der Waals surface area contributed by atoms with Gasteiger partial charge in [0.2, 0.25) is 17.8 Å². The molecule has 2 aliphatic heterocycles. The number of para-hydroxylation sites is 2. The molecular formula is C21H23N5O2. The van der Waals surface area contributed by atoms with Crippen LogP contribution in [0, 0.1) is 0 Å². The molecule has 2 aliphatic rings. The highest BCUT2D eigenvalue weighted by Crippen LogP contribution is 2.17. The van der Waals surface area contributed by atoms with Gasteiger partial charge in [-0.05, 0) is 24.3 Å². The van der Waals surface area contributed by atoms with Crippen LogP contribution < -0.4 is 15.5 Å². The number of hydrogen-bond acceptors (Lipinski definition) is 5. The fraction of sp³-hybridized carbons (Fsp3) is 0.286. The Labute approximate surface area is 164 Å². The monoisotopic (exact) mass is 377 g/mol. The minimum absolute atomic E-state index is 0.0617. The van der Waals surface area contributed by atoms with E-state index in [1.165, 1.54) is 5.69 Å². The molecule has 28 heavy (non-hydrogen) atoms. The number of anilines is 2. The Morgan fingerprint density at radius 2 is 1.54 bits per heavy atom. The Morgan fingerprint density at radius 3 is 2.21 bits per heavy atom. The van der Waals surface area contributed by atoms with Gasteiger partial charge in [0.25, 0.3) is 0 Å². The van der Waals surface area contributed by atoms with Gasteiger partial charge < -0.3 is 15.1 Å². The van der Waals surface area contributed by atoms with E-state index in [4.69, 9.17) is 0 Å². The van der Waals surface area contributed by atoms with E-state index in [2.05, 4.69) is 32.7 Å². The molecule has 0 aromatic heterocycles. The van der Waals surface area contributed by atoms with Crippen LogP contribution >= 0.6 is 0 Å². The van der Waals surface area contributed by atoms with Gasteiger partial charge in [-0.3, -0.25) is 14.9 Å². The zero-order valence-corrected chi connectivity index (χ0v) is 15.5. The van der Waals surface area contributed by atoms with E-state index in [9.17, 15) is 9.59 Å². The number of carbonyl (C=O) groups is 2. The molecular weight excluding hydrogens is 354 g/mol. The summed E-state index contributed by atoms with van der Waals surface area (Å²) in [5.74, 6) is 0.0577. The number of rotatable bonds is 3. The van der Waals surface area contributed by atoms with Crippen molar-refractivity contribution in [1.29, 1.82) is 0 Å². The molecule has 0 spiro atoms. The van der Waals surface area contributed by atoms with E-state index < -0.39 is 6.04 Å². The van der Waals surface area contributed by atoms with Crippen molar-refractivity contribution in [2.24, 2.45) is 4.99 Å². The Hall–Kier alpha value is -3.35. The average molecular weight is 377 g/mol. The topological polar surface area (TPSA) is 77.0 Å². The molecule has 0 bridgehead atoms. The number of benzene rings is 2. The van der Waals surface area contributed by atoms with Gasteiger partial charge in [0.15, 0.2) is 0 Å². The summed E-state index contributed by atoms with van der Waals surface area (Å²) in [7, 11) is 0. The van der Waals surface area contributed by atoms with Crippen LogP contribution in [0.4, 0.5) is 11.4 Å². The smallest absolute Gasteiger partial charge is 0.249 e. The van der Waals surface area contributed by atoms with Crippen molar-refractivity contribution in [2.75, 3.05) is 36.4 Å². The fourth-order valence-electron chi connectivity index (χ4n) is 3.45.